The molecule has 0 saturated heterocycles. The average Bonchev–Trinajstić information content (AvgIpc) is 2.32. The van der Waals surface area contributed by atoms with Crippen LogP contribution < -0.4 is 0 Å². The van der Waals surface area contributed by atoms with Crippen LogP contribution in [0.3, 0.4) is 0 Å². The normalized spacial score (nSPS) is 31.1. The number of aliphatic hydroxyl groups excluding tert-OH is 1. The molecule has 16 heavy (non-hydrogen) atoms. The van der Waals surface area contributed by atoms with E-state index < -0.39 is 0 Å². The van der Waals surface area contributed by atoms with Gasteiger partial charge in [-0.2, -0.15) is 0 Å². The Kier molecular flexibility index (Phi) is 9.25. The van der Waals surface area contributed by atoms with E-state index in [0.29, 0.717) is 12.0 Å². The number of hydrogen-bond acceptors (Lipinski definition) is 2. The molecule has 1 rings (SSSR count). The largest absolute Gasteiger partial charge is 0.395 e. The molecule has 0 fully saturated rings. The molecule has 94 valence electrons. The van der Waals surface area contributed by atoms with Crippen LogP contribution in [0.4, 0.5) is 0 Å². The average molecular weight is 225 g/mol. The summed E-state index contributed by atoms with van der Waals surface area (Å²) in [5.74, 6) is 0.539. The van der Waals surface area contributed by atoms with Gasteiger partial charge in [0.05, 0.1) is 6.61 Å². The molecule has 0 amide bonds. The van der Waals surface area contributed by atoms with Gasteiger partial charge in [-0.1, -0.05) is 45.1 Å². The SMILES string of the molecule is CC.CC1/C=C\C=C/CCN(C)C(CO)C1. The maximum absolute atomic E-state index is 9.27. The Morgan fingerprint density at radius 2 is 2.00 bits per heavy atom. The van der Waals surface area contributed by atoms with Crippen LogP contribution in [-0.2, 0) is 0 Å². The minimum Gasteiger partial charge on any atom is -0.395 e. The summed E-state index contributed by atoms with van der Waals surface area (Å²) < 4.78 is 0. The summed E-state index contributed by atoms with van der Waals surface area (Å²) in [6, 6.07) is 0.307. The van der Waals surface area contributed by atoms with Gasteiger partial charge in [-0.15, -0.1) is 0 Å². The van der Waals surface area contributed by atoms with Gasteiger partial charge in [0.1, 0.15) is 0 Å². The second kappa shape index (κ2) is 9.61. The van der Waals surface area contributed by atoms with E-state index in [9.17, 15) is 5.11 Å². The zero-order valence-corrected chi connectivity index (χ0v) is 11.2. The van der Waals surface area contributed by atoms with Crippen LogP contribution in [0.25, 0.3) is 0 Å². The van der Waals surface area contributed by atoms with Gasteiger partial charge in [-0.05, 0) is 25.8 Å². The first-order chi connectivity index (χ1) is 7.74. The first-order valence-electron chi connectivity index (χ1n) is 6.38. The van der Waals surface area contributed by atoms with E-state index in [0.717, 1.165) is 19.4 Å². The third kappa shape index (κ3) is 6.09. The van der Waals surface area contributed by atoms with Crippen molar-refractivity contribution in [3.63, 3.8) is 0 Å². The van der Waals surface area contributed by atoms with Crippen molar-refractivity contribution >= 4 is 0 Å². The van der Waals surface area contributed by atoms with Crippen molar-refractivity contribution < 1.29 is 5.11 Å². The minimum absolute atomic E-state index is 0.262. The first-order valence-corrected chi connectivity index (χ1v) is 6.38. The van der Waals surface area contributed by atoms with Crippen molar-refractivity contribution in [2.45, 2.75) is 39.7 Å². The molecular weight excluding hydrogens is 198 g/mol. The van der Waals surface area contributed by atoms with Crippen LogP contribution in [0.5, 0.6) is 0 Å². The minimum atomic E-state index is 0.262. The summed E-state index contributed by atoms with van der Waals surface area (Å²) in [5, 5.41) is 9.27. The standard InChI is InChI=1S/C12H21NO.C2H6/c1-11-7-5-3-4-6-8-13(2)12(9-11)10-14;1-2/h3-5,7,11-12,14H,6,8-10H2,1-2H3;1-2H3/b4-3-,7-5-;. The molecule has 1 aliphatic heterocycles. The van der Waals surface area contributed by atoms with E-state index in [1.807, 2.05) is 13.8 Å². The van der Waals surface area contributed by atoms with Gasteiger partial charge in [0.25, 0.3) is 0 Å². The lowest BCUT2D eigenvalue weighted by Gasteiger charge is -2.28. The zero-order valence-electron chi connectivity index (χ0n) is 11.2. The van der Waals surface area contributed by atoms with Crippen LogP contribution in [0.1, 0.15) is 33.6 Å². The van der Waals surface area contributed by atoms with E-state index >= 15 is 0 Å². The molecule has 2 atom stereocenters. The summed E-state index contributed by atoms with van der Waals surface area (Å²) in [7, 11) is 2.09. The van der Waals surface area contributed by atoms with Crippen LogP contribution in [0.2, 0.25) is 0 Å². The van der Waals surface area contributed by atoms with Gasteiger partial charge >= 0.3 is 0 Å². The molecule has 0 aromatic carbocycles. The van der Waals surface area contributed by atoms with Crippen molar-refractivity contribution in [2.75, 3.05) is 20.2 Å². The molecule has 0 aromatic heterocycles. The Morgan fingerprint density at radius 3 is 2.62 bits per heavy atom. The predicted molar refractivity (Wildman–Crippen MR) is 71.5 cm³/mol. The van der Waals surface area contributed by atoms with Gasteiger partial charge in [0.15, 0.2) is 0 Å². The van der Waals surface area contributed by atoms with Crippen LogP contribution in [-0.4, -0.2) is 36.2 Å². The summed E-state index contributed by atoms with van der Waals surface area (Å²) in [6.45, 7) is 7.49. The summed E-state index contributed by atoms with van der Waals surface area (Å²) in [4.78, 5) is 2.25. The molecule has 2 heteroatoms. The second-order valence-corrected chi connectivity index (χ2v) is 4.13. The molecule has 2 unspecified atom stereocenters. The molecule has 0 saturated carbocycles. The summed E-state index contributed by atoms with van der Waals surface area (Å²) >= 11 is 0. The van der Waals surface area contributed by atoms with Gasteiger partial charge in [-0.3, -0.25) is 0 Å². The highest BCUT2D eigenvalue weighted by atomic mass is 16.3. The number of nitrogens with zero attached hydrogens (tertiary/aromatic N) is 1. The van der Waals surface area contributed by atoms with Gasteiger partial charge in [0, 0.05) is 12.6 Å². The van der Waals surface area contributed by atoms with Crippen molar-refractivity contribution in [1.29, 1.82) is 0 Å². The molecule has 1 heterocycles. The number of rotatable bonds is 1. The maximum atomic E-state index is 9.27. The van der Waals surface area contributed by atoms with Crippen molar-refractivity contribution in [2.24, 2.45) is 5.92 Å². The molecule has 0 aromatic rings. The topological polar surface area (TPSA) is 23.5 Å². The van der Waals surface area contributed by atoms with E-state index in [2.05, 4.69) is 43.2 Å². The Hall–Kier alpha value is -0.600. The van der Waals surface area contributed by atoms with Crippen molar-refractivity contribution in [3.8, 4) is 0 Å². The Labute approximate surface area is 101 Å². The number of allylic oxidation sites excluding steroid dienone is 3. The fourth-order valence-corrected chi connectivity index (χ4v) is 1.79. The number of likely N-dealkylation sites (N-methyl/N-ethyl adjacent to an activating group) is 1. The Bertz CT molecular complexity index is 211. The smallest absolute Gasteiger partial charge is 0.0586 e. The predicted octanol–water partition coefficient (Wildman–Crippen LogP) is 2.85. The van der Waals surface area contributed by atoms with Crippen LogP contribution >= 0.6 is 0 Å². The molecule has 2 nitrogen and oxygen atoms in total. The third-order valence-corrected chi connectivity index (χ3v) is 2.81. The lowest BCUT2D eigenvalue weighted by atomic mass is 10.00. The Morgan fingerprint density at radius 1 is 1.31 bits per heavy atom. The molecule has 0 spiro atoms. The van der Waals surface area contributed by atoms with E-state index in [-0.39, 0.29) is 6.61 Å². The molecule has 1 N–H and O–H groups in total. The fourth-order valence-electron chi connectivity index (χ4n) is 1.79. The first kappa shape index (κ1) is 15.4. The van der Waals surface area contributed by atoms with Crippen molar-refractivity contribution in [1.82, 2.24) is 4.90 Å². The highest BCUT2D eigenvalue weighted by Crippen LogP contribution is 2.13. The third-order valence-electron chi connectivity index (χ3n) is 2.81. The quantitative estimate of drug-likeness (QED) is 0.742. The molecular formula is C14H27NO. The van der Waals surface area contributed by atoms with Crippen LogP contribution in [0, 0.1) is 5.92 Å². The van der Waals surface area contributed by atoms with Gasteiger partial charge in [-0.25, -0.2) is 0 Å². The highest BCUT2D eigenvalue weighted by molar-refractivity contribution is 5.05. The fraction of sp³-hybridized carbons (Fsp3) is 0.714. The molecule has 1 aliphatic rings. The Balaban J connectivity index is 0.00000106. The van der Waals surface area contributed by atoms with Gasteiger partial charge in [0.2, 0.25) is 0 Å². The van der Waals surface area contributed by atoms with E-state index in [4.69, 9.17) is 0 Å². The lowest BCUT2D eigenvalue weighted by molar-refractivity contribution is 0.134. The summed E-state index contributed by atoms with van der Waals surface area (Å²) in [5.41, 5.74) is 0. The molecule has 0 aliphatic carbocycles. The summed E-state index contributed by atoms with van der Waals surface area (Å²) in [6.07, 6.45) is 10.7. The number of hydrogen-bond donors (Lipinski definition) is 1. The number of aliphatic hydroxyl groups is 1. The zero-order chi connectivity index (χ0) is 12.4. The molecule has 0 radical (unpaired) electrons. The van der Waals surface area contributed by atoms with Gasteiger partial charge < -0.3 is 10.0 Å². The monoisotopic (exact) mass is 225 g/mol. The highest BCUT2D eigenvalue weighted by Gasteiger charge is 2.15. The van der Waals surface area contributed by atoms with Crippen LogP contribution in [0.15, 0.2) is 24.3 Å². The lowest BCUT2D eigenvalue weighted by Crippen LogP contribution is -2.36. The second-order valence-electron chi connectivity index (χ2n) is 4.13. The van der Waals surface area contributed by atoms with Crippen molar-refractivity contribution in [3.05, 3.63) is 24.3 Å². The molecule has 0 bridgehead atoms. The van der Waals surface area contributed by atoms with E-state index in [1.165, 1.54) is 0 Å². The van der Waals surface area contributed by atoms with E-state index in [1.54, 1.807) is 0 Å². The maximum Gasteiger partial charge on any atom is 0.0586 e.